The molecule has 1 saturated heterocycles. The minimum Gasteiger partial charge on any atom is -0.383 e. The maximum absolute atomic E-state index is 13.0. The van der Waals surface area contributed by atoms with Crippen molar-refractivity contribution in [2.45, 2.75) is 69.9 Å². The quantitative estimate of drug-likeness (QED) is 0.674. The van der Waals surface area contributed by atoms with E-state index in [1.807, 2.05) is 9.58 Å². The van der Waals surface area contributed by atoms with Crippen LogP contribution >= 0.6 is 0 Å². The third-order valence-electron chi connectivity index (χ3n) is 6.63. The number of amides is 1. The van der Waals surface area contributed by atoms with Crippen molar-refractivity contribution in [3.8, 4) is 0 Å². The smallest absolute Gasteiger partial charge is 0.222 e. The molecule has 8 nitrogen and oxygen atoms in total. The van der Waals surface area contributed by atoms with Crippen LogP contribution < -0.4 is 0 Å². The number of carbonyl (C=O) groups is 1. The van der Waals surface area contributed by atoms with Gasteiger partial charge in [-0.1, -0.05) is 32.1 Å². The van der Waals surface area contributed by atoms with Crippen molar-refractivity contribution in [1.29, 1.82) is 0 Å². The van der Waals surface area contributed by atoms with Crippen molar-refractivity contribution in [3.05, 3.63) is 5.82 Å². The number of ether oxygens (including phenoxy) is 1. The van der Waals surface area contributed by atoms with Crippen LogP contribution in [0.2, 0.25) is 0 Å². The Balaban J connectivity index is 1.69. The zero-order chi connectivity index (χ0) is 20.0. The molecule has 0 aromatic carbocycles. The number of likely N-dealkylation sites (N-methyl/N-ethyl adjacent to an activating group) is 1. The largest absolute Gasteiger partial charge is 0.383 e. The maximum Gasteiger partial charge on any atom is 0.222 e. The van der Waals surface area contributed by atoms with E-state index in [4.69, 9.17) is 4.74 Å². The summed E-state index contributed by atoms with van der Waals surface area (Å²) in [5.74, 6) is 1.86. The zero-order valence-electron chi connectivity index (χ0n) is 17.8. The number of carbonyl (C=O) groups excluding carboxylic acids is 1. The molecule has 158 valence electrons. The molecule has 0 radical (unpaired) electrons. The van der Waals surface area contributed by atoms with Crippen molar-refractivity contribution in [2.24, 2.45) is 5.92 Å². The lowest BCUT2D eigenvalue weighted by atomic mass is 9.85. The molecule has 2 fully saturated rings. The highest BCUT2D eigenvalue weighted by Crippen LogP contribution is 2.35. The number of hydrogen-bond acceptors (Lipinski definition) is 6. The van der Waals surface area contributed by atoms with Gasteiger partial charge in [-0.15, -0.1) is 5.10 Å². The number of nitrogens with zero attached hydrogens (tertiary/aromatic N) is 6. The lowest BCUT2D eigenvalue weighted by Crippen LogP contribution is -2.56. The maximum atomic E-state index is 13.0. The molecule has 1 saturated carbocycles. The minimum absolute atomic E-state index is 0.285. The zero-order valence-corrected chi connectivity index (χ0v) is 17.8. The van der Waals surface area contributed by atoms with Gasteiger partial charge >= 0.3 is 0 Å². The van der Waals surface area contributed by atoms with Gasteiger partial charge in [-0.2, -0.15) is 0 Å². The second-order valence-electron chi connectivity index (χ2n) is 8.61. The number of aromatic nitrogens is 4. The van der Waals surface area contributed by atoms with Gasteiger partial charge in [0.15, 0.2) is 5.82 Å². The molecule has 8 heteroatoms. The minimum atomic E-state index is -0.351. The molecule has 0 bridgehead atoms. The molecule has 1 atom stereocenters. The number of piperidine rings is 1. The van der Waals surface area contributed by atoms with Gasteiger partial charge in [-0.3, -0.25) is 9.69 Å². The third-order valence-corrected chi connectivity index (χ3v) is 6.63. The Kier molecular flexibility index (Phi) is 7.40. The molecule has 0 N–H and O–H groups in total. The van der Waals surface area contributed by atoms with E-state index in [-0.39, 0.29) is 11.4 Å². The van der Waals surface area contributed by atoms with Crippen molar-refractivity contribution in [2.75, 3.05) is 40.9 Å². The Labute approximate surface area is 168 Å². The van der Waals surface area contributed by atoms with Gasteiger partial charge in [0.05, 0.1) is 13.2 Å². The second-order valence-corrected chi connectivity index (χ2v) is 8.61. The molecule has 1 unspecified atom stereocenters. The van der Waals surface area contributed by atoms with Crippen molar-refractivity contribution in [1.82, 2.24) is 30.0 Å². The summed E-state index contributed by atoms with van der Waals surface area (Å²) in [6.07, 6.45) is 10.2. The predicted octanol–water partition coefficient (Wildman–Crippen LogP) is 2.06. The summed E-state index contributed by atoms with van der Waals surface area (Å²) < 4.78 is 7.04. The SMILES string of the molecule is COCCn1nnnc1C1(N(C)C)CCCN(C(=O)CCC2CCCCC2)C1. The Morgan fingerprint density at radius 3 is 2.75 bits per heavy atom. The molecule has 0 spiro atoms. The van der Waals surface area contributed by atoms with Gasteiger partial charge in [0.1, 0.15) is 5.54 Å². The molecule has 28 heavy (non-hydrogen) atoms. The molecule has 1 amide bonds. The molecule has 2 heterocycles. The Morgan fingerprint density at radius 1 is 1.25 bits per heavy atom. The van der Waals surface area contributed by atoms with Gasteiger partial charge in [-0.25, -0.2) is 4.68 Å². The van der Waals surface area contributed by atoms with Crippen LogP contribution in [-0.2, 0) is 21.6 Å². The van der Waals surface area contributed by atoms with Gasteiger partial charge in [0.25, 0.3) is 0 Å². The fraction of sp³-hybridized carbons (Fsp3) is 0.900. The second kappa shape index (κ2) is 9.78. The van der Waals surface area contributed by atoms with Crippen molar-refractivity contribution >= 4 is 5.91 Å². The van der Waals surface area contributed by atoms with Gasteiger partial charge in [0.2, 0.25) is 5.91 Å². The normalized spacial score (nSPS) is 24.1. The standard InChI is InChI=1S/C20H36N6O2/c1-24(2)20(19-21-22-23-26(19)14-15-28-3)12-7-13-25(16-20)18(27)11-10-17-8-5-4-6-9-17/h17H,4-16H2,1-3H3. The Hall–Kier alpha value is -1.54. The fourth-order valence-corrected chi connectivity index (χ4v) is 4.82. The van der Waals surface area contributed by atoms with E-state index in [1.54, 1.807) is 7.11 Å². The Bertz CT molecular complexity index is 628. The monoisotopic (exact) mass is 392 g/mol. The van der Waals surface area contributed by atoms with Crippen LogP contribution in [0.1, 0.15) is 63.6 Å². The first-order valence-electron chi connectivity index (χ1n) is 10.8. The first kappa shape index (κ1) is 21.2. The molecular formula is C20H36N6O2. The number of tetrazole rings is 1. The van der Waals surface area contributed by atoms with Gasteiger partial charge < -0.3 is 9.64 Å². The van der Waals surface area contributed by atoms with E-state index in [0.29, 0.717) is 26.1 Å². The number of likely N-dealkylation sites (tertiary alicyclic amines) is 1. The van der Waals surface area contributed by atoms with Gasteiger partial charge in [0, 0.05) is 26.6 Å². The lowest BCUT2D eigenvalue weighted by Gasteiger charge is -2.46. The van der Waals surface area contributed by atoms with Crippen LogP contribution in [0.15, 0.2) is 0 Å². The van der Waals surface area contributed by atoms with Crippen LogP contribution in [0.4, 0.5) is 0 Å². The molecule has 1 aromatic rings. The molecule has 2 aliphatic rings. The molecule has 1 aromatic heterocycles. The van der Waals surface area contributed by atoms with E-state index in [1.165, 1.54) is 32.1 Å². The van der Waals surface area contributed by atoms with Crippen LogP contribution in [-0.4, -0.2) is 76.8 Å². The summed E-state index contributed by atoms with van der Waals surface area (Å²) in [5.41, 5.74) is -0.351. The van der Waals surface area contributed by atoms with Crippen LogP contribution in [0.5, 0.6) is 0 Å². The van der Waals surface area contributed by atoms with Crippen molar-refractivity contribution < 1.29 is 9.53 Å². The predicted molar refractivity (Wildman–Crippen MR) is 107 cm³/mol. The van der Waals surface area contributed by atoms with Crippen LogP contribution in [0, 0.1) is 5.92 Å². The summed E-state index contributed by atoms with van der Waals surface area (Å²) in [6.45, 7) is 2.66. The number of rotatable bonds is 8. The average Bonchev–Trinajstić information content (AvgIpc) is 3.20. The highest BCUT2D eigenvalue weighted by atomic mass is 16.5. The number of methoxy groups -OCH3 is 1. The van der Waals surface area contributed by atoms with E-state index in [2.05, 4.69) is 34.5 Å². The fourth-order valence-electron chi connectivity index (χ4n) is 4.82. The number of hydrogen-bond donors (Lipinski definition) is 0. The molecule has 3 rings (SSSR count). The topological polar surface area (TPSA) is 76.4 Å². The van der Waals surface area contributed by atoms with Crippen molar-refractivity contribution in [3.63, 3.8) is 0 Å². The summed E-state index contributed by atoms with van der Waals surface area (Å²) in [7, 11) is 5.80. The highest BCUT2D eigenvalue weighted by molar-refractivity contribution is 5.76. The lowest BCUT2D eigenvalue weighted by molar-refractivity contribution is -0.136. The van der Waals surface area contributed by atoms with E-state index in [0.717, 1.165) is 37.5 Å². The molecule has 1 aliphatic carbocycles. The van der Waals surface area contributed by atoms with E-state index < -0.39 is 0 Å². The summed E-state index contributed by atoms with van der Waals surface area (Å²) >= 11 is 0. The average molecular weight is 393 g/mol. The molecule has 1 aliphatic heterocycles. The third kappa shape index (κ3) is 4.71. The first-order chi connectivity index (χ1) is 13.6. The summed E-state index contributed by atoms with van der Waals surface area (Å²) in [4.78, 5) is 17.2. The van der Waals surface area contributed by atoms with Gasteiger partial charge in [-0.05, 0) is 49.7 Å². The highest BCUT2D eigenvalue weighted by Gasteiger charge is 2.44. The van der Waals surface area contributed by atoms with E-state index in [9.17, 15) is 4.79 Å². The van der Waals surface area contributed by atoms with E-state index >= 15 is 0 Å². The summed E-state index contributed by atoms with van der Waals surface area (Å²) in [6, 6.07) is 0. The Morgan fingerprint density at radius 2 is 2.04 bits per heavy atom. The molecular weight excluding hydrogens is 356 g/mol. The van der Waals surface area contributed by atoms with Crippen LogP contribution in [0.25, 0.3) is 0 Å². The first-order valence-corrected chi connectivity index (χ1v) is 10.8. The van der Waals surface area contributed by atoms with Crippen LogP contribution in [0.3, 0.4) is 0 Å². The summed E-state index contributed by atoms with van der Waals surface area (Å²) in [5, 5.41) is 12.5.